The van der Waals surface area contributed by atoms with Gasteiger partial charge in [0.2, 0.25) is 0 Å². The number of aromatic nitrogens is 1. The van der Waals surface area contributed by atoms with Gasteiger partial charge in [-0.1, -0.05) is 18.8 Å². The highest BCUT2D eigenvalue weighted by Crippen LogP contribution is 2.04. The topological polar surface area (TPSA) is 71.2 Å². The van der Waals surface area contributed by atoms with Crippen LogP contribution in [-0.4, -0.2) is 49.0 Å². The summed E-state index contributed by atoms with van der Waals surface area (Å²) in [6.45, 7) is 4.72. The van der Waals surface area contributed by atoms with E-state index in [0.29, 0.717) is 17.7 Å². The van der Waals surface area contributed by atoms with Crippen LogP contribution in [0.1, 0.15) is 22.8 Å². The first-order chi connectivity index (χ1) is 9.19. The van der Waals surface area contributed by atoms with Gasteiger partial charge in [-0.15, -0.1) is 0 Å². The molecule has 0 aliphatic rings. The Bertz CT molecular complexity index is 476. The number of rotatable bonds is 5. The van der Waals surface area contributed by atoms with E-state index >= 15 is 0 Å². The molecule has 0 unspecified atom stereocenters. The largest absolute Gasteiger partial charge is 0.351 e. The van der Waals surface area contributed by atoms with Gasteiger partial charge in [-0.3, -0.25) is 9.78 Å². The minimum absolute atomic E-state index is 0.131. The van der Waals surface area contributed by atoms with E-state index in [1.54, 1.807) is 18.5 Å². The highest BCUT2D eigenvalue weighted by Gasteiger charge is 2.09. The maximum atomic E-state index is 12.0. The van der Waals surface area contributed by atoms with Crippen molar-refractivity contribution in [3.8, 4) is 11.8 Å². The van der Waals surface area contributed by atoms with Gasteiger partial charge in [0.25, 0.3) is 5.91 Å². The lowest BCUT2D eigenvalue weighted by Crippen LogP contribution is -2.33. The number of hydrogen-bond acceptors (Lipinski definition) is 4. The molecule has 1 rings (SSSR count). The summed E-state index contributed by atoms with van der Waals surface area (Å²) in [6.07, 6.45) is 3.16. The van der Waals surface area contributed by atoms with E-state index < -0.39 is 0 Å². The van der Waals surface area contributed by atoms with E-state index in [4.69, 9.17) is 5.73 Å². The van der Waals surface area contributed by atoms with Crippen LogP contribution in [-0.2, 0) is 0 Å². The Kier molecular flexibility index (Phi) is 6.58. The van der Waals surface area contributed by atoms with Crippen molar-refractivity contribution in [3.05, 3.63) is 29.6 Å². The molecule has 19 heavy (non-hydrogen) atoms. The Labute approximate surface area is 114 Å². The number of nitrogens with zero attached hydrogens (tertiary/aromatic N) is 2. The van der Waals surface area contributed by atoms with E-state index in [1.165, 1.54) is 0 Å². The second-order valence-electron chi connectivity index (χ2n) is 4.08. The Morgan fingerprint density at radius 2 is 2.37 bits per heavy atom. The van der Waals surface area contributed by atoms with Crippen molar-refractivity contribution in [2.24, 2.45) is 5.73 Å². The van der Waals surface area contributed by atoms with Gasteiger partial charge in [-0.05, 0) is 19.7 Å². The molecule has 1 amide bonds. The van der Waals surface area contributed by atoms with Crippen LogP contribution in [0.5, 0.6) is 0 Å². The maximum Gasteiger partial charge on any atom is 0.252 e. The number of nitrogens with two attached hydrogens (primary N) is 1. The second-order valence-corrected chi connectivity index (χ2v) is 4.08. The van der Waals surface area contributed by atoms with E-state index in [-0.39, 0.29) is 12.5 Å². The zero-order valence-electron chi connectivity index (χ0n) is 11.4. The summed E-state index contributed by atoms with van der Waals surface area (Å²) < 4.78 is 0. The predicted octanol–water partition coefficient (Wildman–Crippen LogP) is 0.0733. The Morgan fingerprint density at radius 3 is 3.05 bits per heavy atom. The van der Waals surface area contributed by atoms with Gasteiger partial charge >= 0.3 is 0 Å². The van der Waals surface area contributed by atoms with Crippen molar-refractivity contribution in [1.29, 1.82) is 0 Å². The fraction of sp³-hybridized carbons (Fsp3) is 0.429. The minimum atomic E-state index is -0.131. The zero-order valence-corrected chi connectivity index (χ0v) is 11.4. The van der Waals surface area contributed by atoms with Crippen LogP contribution in [0, 0.1) is 11.8 Å². The number of nitrogens with one attached hydrogen (secondary N) is 1. The molecule has 0 aromatic carbocycles. The number of carbonyl (C=O) groups excluding carboxylic acids is 1. The number of pyridine rings is 1. The van der Waals surface area contributed by atoms with Crippen molar-refractivity contribution in [2.45, 2.75) is 6.92 Å². The fourth-order valence-corrected chi connectivity index (χ4v) is 1.45. The van der Waals surface area contributed by atoms with Crippen LogP contribution in [0.15, 0.2) is 18.5 Å². The van der Waals surface area contributed by atoms with Gasteiger partial charge in [0.05, 0.1) is 17.7 Å². The molecule has 1 aromatic heterocycles. The third-order valence-electron chi connectivity index (χ3n) is 2.71. The van der Waals surface area contributed by atoms with Crippen molar-refractivity contribution >= 4 is 5.91 Å². The molecule has 0 saturated heterocycles. The summed E-state index contributed by atoms with van der Waals surface area (Å²) in [4.78, 5) is 18.1. The standard InChI is InChI=1S/C14H20N4O/c1-3-18(2)10-9-17-14(19)13-6-8-16-11-12(13)5-4-7-15/h6,8,11H,3,7,9-10,15H2,1-2H3,(H,17,19). The first-order valence-electron chi connectivity index (χ1n) is 6.28. The average molecular weight is 260 g/mol. The molecule has 1 heterocycles. The summed E-state index contributed by atoms with van der Waals surface area (Å²) in [5.41, 5.74) is 6.47. The number of likely N-dealkylation sites (N-methyl/N-ethyl adjacent to an activating group) is 1. The van der Waals surface area contributed by atoms with Crippen LogP contribution in [0.4, 0.5) is 0 Å². The molecule has 0 aliphatic heterocycles. The molecular formula is C14H20N4O. The monoisotopic (exact) mass is 260 g/mol. The van der Waals surface area contributed by atoms with Crippen LogP contribution in [0.3, 0.4) is 0 Å². The van der Waals surface area contributed by atoms with E-state index in [1.807, 2.05) is 7.05 Å². The molecule has 0 saturated carbocycles. The molecule has 5 nitrogen and oxygen atoms in total. The molecular weight excluding hydrogens is 240 g/mol. The molecule has 102 valence electrons. The third-order valence-corrected chi connectivity index (χ3v) is 2.71. The van der Waals surface area contributed by atoms with Crippen molar-refractivity contribution in [3.63, 3.8) is 0 Å². The first kappa shape index (κ1) is 15.2. The molecule has 0 spiro atoms. The summed E-state index contributed by atoms with van der Waals surface area (Å²) in [5, 5.41) is 2.87. The summed E-state index contributed by atoms with van der Waals surface area (Å²) in [6, 6.07) is 1.67. The van der Waals surface area contributed by atoms with Crippen LogP contribution >= 0.6 is 0 Å². The van der Waals surface area contributed by atoms with Gasteiger partial charge in [0.15, 0.2) is 0 Å². The van der Waals surface area contributed by atoms with Crippen LogP contribution < -0.4 is 11.1 Å². The molecule has 1 aromatic rings. The zero-order chi connectivity index (χ0) is 14.1. The molecule has 3 N–H and O–H groups in total. The predicted molar refractivity (Wildman–Crippen MR) is 75.7 cm³/mol. The summed E-state index contributed by atoms with van der Waals surface area (Å²) in [7, 11) is 2.01. The molecule has 0 aliphatic carbocycles. The van der Waals surface area contributed by atoms with Crippen molar-refractivity contribution in [1.82, 2.24) is 15.2 Å². The Balaban J connectivity index is 2.66. The molecule has 5 heteroatoms. The summed E-state index contributed by atoms with van der Waals surface area (Å²) in [5.74, 6) is 5.46. The second kappa shape index (κ2) is 8.25. The fourth-order valence-electron chi connectivity index (χ4n) is 1.45. The summed E-state index contributed by atoms with van der Waals surface area (Å²) >= 11 is 0. The molecule has 0 atom stereocenters. The third kappa shape index (κ3) is 5.08. The normalized spacial score (nSPS) is 9.89. The highest BCUT2D eigenvalue weighted by atomic mass is 16.1. The maximum absolute atomic E-state index is 12.0. The van der Waals surface area contributed by atoms with E-state index in [2.05, 4.69) is 34.0 Å². The Hall–Kier alpha value is -1.90. The number of amides is 1. The molecule has 0 fully saturated rings. The smallest absolute Gasteiger partial charge is 0.252 e. The lowest BCUT2D eigenvalue weighted by atomic mass is 10.1. The number of hydrogen-bond donors (Lipinski definition) is 2. The van der Waals surface area contributed by atoms with Gasteiger partial charge in [-0.2, -0.15) is 0 Å². The lowest BCUT2D eigenvalue weighted by Gasteiger charge is -2.14. The van der Waals surface area contributed by atoms with Crippen molar-refractivity contribution in [2.75, 3.05) is 33.2 Å². The van der Waals surface area contributed by atoms with Crippen molar-refractivity contribution < 1.29 is 4.79 Å². The van der Waals surface area contributed by atoms with Gasteiger partial charge in [0, 0.05) is 25.5 Å². The Morgan fingerprint density at radius 1 is 1.58 bits per heavy atom. The molecule has 0 bridgehead atoms. The lowest BCUT2D eigenvalue weighted by molar-refractivity contribution is 0.0950. The van der Waals surface area contributed by atoms with E-state index in [0.717, 1.165) is 13.1 Å². The van der Waals surface area contributed by atoms with Gasteiger partial charge in [-0.25, -0.2) is 0 Å². The molecule has 0 radical (unpaired) electrons. The quantitative estimate of drug-likeness (QED) is 0.735. The average Bonchev–Trinajstić information content (AvgIpc) is 2.45. The van der Waals surface area contributed by atoms with Gasteiger partial charge in [0.1, 0.15) is 0 Å². The first-order valence-corrected chi connectivity index (χ1v) is 6.28. The number of carbonyl (C=O) groups is 1. The van der Waals surface area contributed by atoms with Crippen LogP contribution in [0.2, 0.25) is 0 Å². The minimum Gasteiger partial charge on any atom is -0.351 e. The van der Waals surface area contributed by atoms with E-state index in [9.17, 15) is 4.79 Å². The SMILES string of the molecule is CCN(C)CCNC(=O)c1ccncc1C#CCN. The van der Waals surface area contributed by atoms with Gasteiger partial charge < -0.3 is 16.0 Å². The van der Waals surface area contributed by atoms with Crippen LogP contribution in [0.25, 0.3) is 0 Å². The highest BCUT2D eigenvalue weighted by molar-refractivity contribution is 5.96.